The smallest absolute Gasteiger partial charge is 0.194 e. The van der Waals surface area contributed by atoms with E-state index in [4.69, 9.17) is 4.74 Å². The maximum atomic E-state index is 13.3. The fourth-order valence-electron chi connectivity index (χ4n) is 4.01. The van der Waals surface area contributed by atoms with Crippen molar-refractivity contribution >= 4 is 11.6 Å². The van der Waals surface area contributed by atoms with Crippen LogP contribution >= 0.6 is 0 Å². The second-order valence-corrected chi connectivity index (χ2v) is 7.84. The molecule has 30 heavy (non-hydrogen) atoms. The summed E-state index contributed by atoms with van der Waals surface area (Å²) in [6.07, 6.45) is 4.34. The molecule has 0 spiro atoms. The standard InChI is InChI=1S/C24H29FN4O/c1-18-16-29(17-23(30-18)20-7-9-21(25)10-8-20)24(26-2)27-15-19-5-11-22(12-6-19)28-13-3-4-14-28/h3-12,18,23H,13-17H2,1-2H3,(H,26,27). The molecule has 158 valence electrons. The van der Waals surface area contributed by atoms with E-state index < -0.39 is 0 Å². The van der Waals surface area contributed by atoms with Crippen LogP contribution in [0.15, 0.2) is 65.7 Å². The van der Waals surface area contributed by atoms with Crippen LogP contribution in [0.2, 0.25) is 0 Å². The first-order chi connectivity index (χ1) is 14.6. The van der Waals surface area contributed by atoms with Gasteiger partial charge in [-0.3, -0.25) is 4.99 Å². The summed E-state index contributed by atoms with van der Waals surface area (Å²) >= 11 is 0. The molecule has 4 rings (SSSR count). The lowest BCUT2D eigenvalue weighted by Gasteiger charge is -2.38. The number of hydrogen-bond donors (Lipinski definition) is 1. The predicted molar refractivity (Wildman–Crippen MR) is 119 cm³/mol. The lowest BCUT2D eigenvalue weighted by molar-refractivity contribution is -0.0605. The third kappa shape index (κ3) is 4.82. The van der Waals surface area contributed by atoms with E-state index >= 15 is 0 Å². The minimum absolute atomic E-state index is 0.0562. The van der Waals surface area contributed by atoms with E-state index in [1.54, 1.807) is 19.2 Å². The summed E-state index contributed by atoms with van der Waals surface area (Å²) in [7, 11) is 1.80. The van der Waals surface area contributed by atoms with E-state index in [0.29, 0.717) is 13.1 Å². The Hall–Kier alpha value is -2.86. The summed E-state index contributed by atoms with van der Waals surface area (Å²) in [4.78, 5) is 9.03. The molecule has 2 aliphatic rings. The Bertz CT molecular complexity index is 886. The third-order valence-corrected chi connectivity index (χ3v) is 5.58. The molecule has 0 aliphatic carbocycles. The van der Waals surface area contributed by atoms with Gasteiger partial charge in [0.2, 0.25) is 0 Å². The van der Waals surface area contributed by atoms with E-state index in [0.717, 1.165) is 31.2 Å². The van der Waals surface area contributed by atoms with Gasteiger partial charge in [-0.25, -0.2) is 4.39 Å². The zero-order valence-corrected chi connectivity index (χ0v) is 17.6. The molecule has 6 heteroatoms. The van der Waals surface area contributed by atoms with Crippen molar-refractivity contribution in [3.8, 4) is 0 Å². The highest BCUT2D eigenvalue weighted by atomic mass is 19.1. The molecule has 2 heterocycles. The minimum Gasteiger partial charge on any atom is -0.367 e. The Morgan fingerprint density at radius 1 is 1.07 bits per heavy atom. The molecule has 0 aromatic heterocycles. The van der Waals surface area contributed by atoms with Crippen LogP contribution in [0.25, 0.3) is 0 Å². The minimum atomic E-state index is -0.232. The molecular weight excluding hydrogens is 379 g/mol. The highest BCUT2D eigenvalue weighted by Gasteiger charge is 2.28. The molecule has 0 radical (unpaired) electrons. The number of benzene rings is 2. The maximum absolute atomic E-state index is 13.3. The van der Waals surface area contributed by atoms with Crippen molar-refractivity contribution in [2.24, 2.45) is 4.99 Å². The van der Waals surface area contributed by atoms with Crippen LogP contribution in [0.3, 0.4) is 0 Å². The van der Waals surface area contributed by atoms with Crippen molar-refractivity contribution in [1.82, 2.24) is 10.2 Å². The monoisotopic (exact) mass is 408 g/mol. The Balaban J connectivity index is 1.37. The van der Waals surface area contributed by atoms with Crippen LogP contribution in [0.5, 0.6) is 0 Å². The van der Waals surface area contributed by atoms with Crippen molar-refractivity contribution in [1.29, 1.82) is 0 Å². The Morgan fingerprint density at radius 3 is 2.43 bits per heavy atom. The highest BCUT2D eigenvalue weighted by Crippen LogP contribution is 2.25. The Kier molecular flexibility index (Phi) is 6.33. The summed E-state index contributed by atoms with van der Waals surface area (Å²) < 4.78 is 19.4. The third-order valence-electron chi connectivity index (χ3n) is 5.58. The van der Waals surface area contributed by atoms with Crippen molar-refractivity contribution in [3.05, 3.63) is 77.6 Å². The number of nitrogens with one attached hydrogen (secondary N) is 1. The second-order valence-electron chi connectivity index (χ2n) is 7.84. The number of guanidine groups is 1. The Labute approximate surface area is 177 Å². The van der Waals surface area contributed by atoms with Crippen LogP contribution in [-0.2, 0) is 11.3 Å². The number of anilines is 1. The van der Waals surface area contributed by atoms with Gasteiger partial charge in [0.25, 0.3) is 0 Å². The quantitative estimate of drug-likeness (QED) is 0.475. The number of nitrogens with zero attached hydrogens (tertiary/aromatic N) is 3. The molecule has 0 bridgehead atoms. The summed E-state index contributed by atoms with van der Waals surface area (Å²) in [5.74, 6) is 0.619. The van der Waals surface area contributed by atoms with Gasteiger partial charge in [0.05, 0.1) is 12.6 Å². The highest BCUT2D eigenvalue weighted by molar-refractivity contribution is 5.80. The van der Waals surface area contributed by atoms with Crippen LogP contribution < -0.4 is 10.2 Å². The summed E-state index contributed by atoms with van der Waals surface area (Å²) in [5.41, 5.74) is 3.44. The number of ether oxygens (including phenoxy) is 1. The summed E-state index contributed by atoms with van der Waals surface area (Å²) in [5, 5.41) is 3.48. The number of hydrogen-bond acceptors (Lipinski definition) is 3. The normalized spacial score (nSPS) is 21.9. The van der Waals surface area contributed by atoms with Gasteiger partial charge in [0.15, 0.2) is 5.96 Å². The van der Waals surface area contributed by atoms with Gasteiger partial charge in [-0.15, -0.1) is 0 Å². The van der Waals surface area contributed by atoms with E-state index in [1.165, 1.54) is 23.4 Å². The van der Waals surface area contributed by atoms with Gasteiger partial charge < -0.3 is 19.9 Å². The first-order valence-corrected chi connectivity index (χ1v) is 10.5. The molecule has 1 saturated heterocycles. The topological polar surface area (TPSA) is 40.1 Å². The van der Waals surface area contributed by atoms with E-state index in [1.807, 2.05) is 0 Å². The van der Waals surface area contributed by atoms with E-state index in [9.17, 15) is 4.39 Å². The maximum Gasteiger partial charge on any atom is 0.194 e. The van der Waals surface area contributed by atoms with Gasteiger partial charge in [-0.1, -0.05) is 36.4 Å². The molecule has 0 saturated carbocycles. The van der Waals surface area contributed by atoms with Gasteiger partial charge in [0.1, 0.15) is 11.9 Å². The summed E-state index contributed by atoms with van der Waals surface area (Å²) in [6.45, 7) is 6.16. The van der Waals surface area contributed by atoms with Crippen molar-refractivity contribution in [2.45, 2.75) is 25.7 Å². The fourth-order valence-corrected chi connectivity index (χ4v) is 4.01. The number of halogens is 1. The average Bonchev–Trinajstić information content (AvgIpc) is 3.30. The van der Waals surface area contributed by atoms with Crippen LogP contribution in [0.4, 0.5) is 10.1 Å². The predicted octanol–water partition coefficient (Wildman–Crippen LogP) is 3.74. The molecule has 1 N–H and O–H groups in total. The van der Waals surface area contributed by atoms with Gasteiger partial charge in [-0.2, -0.15) is 0 Å². The van der Waals surface area contributed by atoms with Crippen molar-refractivity contribution < 1.29 is 9.13 Å². The Morgan fingerprint density at radius 2 is 1.77 bits per heavy atom. The largest absolute Gasteiger partial charge is 0.367 e. The number of morpholine rings is 1. The molecule has 2 unspecified atom stereocenters. The zero-order valence-electron chi connectivity index (χ0n) is 17.6. The molecule has 5 nitrogen and oxygen atoms in total. The van der Waals surface area contributed by atoms with Crippen LogP contribution in [0.1, 0.15) is 24.2 Å². The zero-order chi connectivity index (χ0) is 20.9. The molecule has 2 atom stereocenters. The number of rotatable bonds is 4. The van der Waals surface area contributed by atoms with Gasteiger partial charge >= 0.3 is 0 Å². The van der Waals surface area contributed by atoms with Gasteiger partial charge in [0, 0.05) is 38.9 Å². The molecule has 0 amide bonds. The van der Waals surface area contributed by atoms with Crippen LogP contribution in [0, 0.1) is 5.82 Å². The molecule has 2 aromatic carbocycles. The van der Waals surface area contributed by atoms with E-state index in [-0.39, 0.29) is 18.0 Å². The lowest BCUT2D eigenvalue weighted by atomic mass is 10.1. The lowest BCUT2D eigenvalue weighted by Crippen LogP contribution is -2.50. The number of aliphatic imine (C=N–C) groups is 1. The molecule has 2 aromatic rings. The summed E-state index contributed by atoms with van der Waals surface area (Å²) in [6, 6.07) is 15.2. The van der Waals surface area contributed by atoms with Crippen LogP contribution in [-0.4, -0.2) is 50.2 Å². The van der Waals surface area contributed by atoms with E-state index in [2.05, 4.69) is 63.5 Å². The fraction of sp³-hybridized carbons (Fsp3) is 0.375. The molecule has 2 aliphatic heterocycles. The molecular formula is C24H29FN4O. The molecule has 1 fully saturated rings. The van der Waals surface area contributed by atoms with Crippen molar-refractivity contribution in [3.63, 3.8) is 0 Å². The first kappa shape index (κ1) is 20.4. The first-order valence-electron chi connectivity index (χ1n) is 10.5. The van der Waals surface area contributed by atoms with Crippen molar-refractivity contribution in [2.75, 3.05) is 38.1 Å². The second kappa shape index (κ2) is 9.30. The van der Waals surface area contributed by atoms with Gasteiger partial charge in [-0.05, 0) is 42.3 Å². The average molecular weight is 409 g/mol. The SMILES string of the molecule is CN=C(NCc1ccc(N2CC=CC2)cc1)N1CC(C)OC(c2ccc(F)cc2)C1.